The van der Waals surface area contributed by atoms with Gasteiger partial charge in [-0.15, -0.1) is 0 Å². The summed E-state index contributed by atoms with van der Waals surface area (Å²) in [6.07, 6.45) is 0. The Morgan fingerprint density at radius 1 is 1.11 bits per heavy atom. The minimum Gasteiger partial charge on any atom is -0.379 e. The van der Waals surface area contributed by atoms with E-state index in [9.17, 15) is 4.79 Å². The third kappa shape index (κ3) is 5.94. The fraction of sp³-hybridized carbons (Fsp3) is 0.533. The summed E-state index contributed by atoms with van der Waals surface area (Å²) in [6, 6.07) is 7.52. The van der Waals surface area contributed by atoms with Crippen LogP contribution in [0.15, 0.2) is 24.3 Å². The molecule has 0 aliphatic rings. The van der Waals surface area contributed by atoms with Crippen molar-refractivity contribution in [1.29, 1.82) is 0 Å². The van der Waals surface area contributed by atoms with Gasteiger partial charge in [0.2, 0.25) is 0 Å². The second kappa shape index (κ2) is 8.01. The van der Waals surface area contributed by atoms with Crippen molar-refractivity contribution in [3.63, 3.8) is 0 Å². The molecule has 0 saturated carbocycles. The predicted molar refractivity (Wildman–Crippen MR) is 72.0 cm³/mol. The first-order valence-corrected chi connectivity index (χ1v) is 6.35. The zero-order valence-corrected chi connectivity index (χ0v) is 11.4. The molecule has 0 radical (unpaired) electrons. The summed E-state index contributed by atoms with van der Waals surface area (Å²) in [5.74, 6) is 0.540. The molecule has 18 heavy (non-hydrogen) atoms. The molecule has 0 fully saturated rings. The molecule has 3 nitrogen and oxygen atoms in total. The summed E-state index contributed by atoms with van der Waals surface area (Å²) in [7, 11) is 0. The first kappa shape index (κ1) is 14.9. The summed E-state index contributed by atoms with van der Waals surface area (Å²) < 4.78 is 10.6. The monoisotopic (exact) mass is 250 g/mol. The smallest absolute Gasteiger partial charge is 0.188 e. The first-order valence-electron chi connectivity index (χ1n) is 6.35. The zero-order valence-electron chi connectivity index (χ0n) is 11.4. The Bertz CT molecular complexity index is 355. The molecule has 0 atom stereocenters. The molecule has 0 aliphatic carbocycles. The van der Waals surface area contributed by atoms with Crippen LogP contribution in [0.5, 0.6) is 0 Å². The van der Waals surface area contributed by atoms with E-state index in [2.05, 4.69) is 13.8 Å². The van der Waals surface area contributed by atoms with Crippen LogP contribution in [0.1, 0.15) is 29.8 Å². The van der Waals surface area contributed by atoms with Crippen LogP contribution in [-0.4, -0.2) is 32.2 Å². The highest BCUT2D eigenvalue weighted by Crippen LogP contribution is 2.04. The van der Waals surface area contributed by atoms with E-state index in [0.29, 0.717) is 24.7 Å². The molecule has 0 aromatic heterocycles. The van der Waals surface area contributed by atoms with Crippen molar-refractivity contribution in [3.05, 3.63) is 35.4 Å². The van der Waals surface area contributed by atoms with Crippen molar-refractivity contribution in [1.82, 2.24) is 0 Å². The predicted octanol–water partition coefficient (Wildman–Crippen LogP) is 2.87. The molecule has 3 heteroatoms. The van der Waals surface area contributed by atoms with Gasteiger partial charge in [-0.3, -0.25) is 4.79 Å². The van der Waals surface area contributed by atoms with Crippen molar-refractivity contribution in [3.8, 4) is 0 Å². The Balaban J connectivity index is 2.16. The second-order valence-electron chi connectivity index (χ2n) is 4.81. The lowest BCUT2D eigenvalue weighted by Crippen LogP contribution is -2.13. The molecule has 0 bridgehead atoms. The van der Waals surface area contributed by atoms with Crippen molar-refractivity contribution < 1.29 is 14.3 Å². The molecule has 0 heterocycles. The van der Waals surface area contributed by atoms with Gasteiger partial charge in [-0.2, -0.15) is 0 Å². The molecular formula is C15H22O3. The van der Waals surface area contributed by atoms with E-state index in [-0.39, 0.29) is 12.4 Å². The van der Waals surface area contributed by atoms with Crippen molar-refractivity contribution in [2.75, 3.05) is 26.4 Å². The Morgan fingerprint density at radius 2 is 1.72 bits per heavy atom. The van der Waals surface area contributed by atoms with Crippen LogP contribution in [-0.2, 0) is 9.47 Å². The van der Waals surface area contributed by atoms with Crippen molar-refractivity contribution in [2.24, 2.45) is 5.92 Å². The normalized spacial score (nSPS) is 10.9. The number of Topliss-reactive ketones (excluding diaryl/α,β-unsaturated/α-hetero) is 1. The molecule has 0 saturated heterocycles. The number of ether oxygens (including phenoxy) is 2. The molecule has 100 valence electrons. The molecule has 0 aliphatic heterocycles. The largest absolute Gasteiger partial charge is 0.379 e. The lowest BCUT2D eigenvalue weighted by atomic mass is 10.1. The number of carbonyl (C=O) groups is 1. The second-order valence-corrected chi connectivity index (χ2v) is 4.81. The third-order valence-corrected chi connectivity index (χ3v) is 2.43. The summed E-state index contributed by atoms with van der Waals surface area (Å²) in [6.45, 7) is 8.05. The van der Waals surface area contributed by atoms with E-state index < -0.39 is 0 Å². The SMILES string of the molecule is Cc1ccc(C(=O)COCCOCC(C)C)cc1. The quantitative estimate of drug-likeness (QED) is 0.525. The minimum atomic E-state index is 0.0128. The van der Waals surface area contributed by atoms with Crippen LogP contribution in [0.4, 0.5) is 0 Å². The lowest BCUT2D eigenvalue weighted by molar-refractivity contribution is 0.0364. The Kier molecular flexibility index (Phi) is 6.61. The van der Waals surface area contributed by atoms with Gasteiger partial charge in [-0.25, -0.2) is 0 Å². The highest BCUT2D eigenvalue weighted by Gasteiger charge is 2.05. The van der Waals surface area contributed by atoms with E-state index in [0.717, 1.165) is 12.2 Å². The van der Waals surface area contributed by atoms with Gasteiger partial charge >= 0.3 is 0 Å². The van der Waals surface area contributed by atoms with Gasteiger partial charge in [0.25, 0.3) is 0 Å². The Morgan fingerprint density at radius 3 is 2.33 bits per heavy atom. The standard InChI is InChI=1S/C15H22O3/c1-12(2)10-17-8-9-18-11-15(16)14-6-4-13(3)5-7-14/h4-7,12H,8-11H2,1-3H3. The number of hydrogen-bond donors (Lipinski definition) is 0. The number of rotatable bonds is 8. The average Bonchev–Trinajstić information content (AvgIpc) is 2.34. The van der Waals surface area contributed by atoms with E-state index in [1.165, 1.54) is 0 Å². The van der Waals surface area contributed by atoms with Gasteiger partial charge in [0, 0.05) is 12.2 Å². The molecule has 1 rings (SSSR count). The molecule has 0 spiro atoms. The maximum atomic E-state index is 11.7. The van der Waals surface area contributed by atoms with Crippen LogP contribution in [0.3, 0.4) is 0 Å². The highest BCUT2D eigenvalue weighted by atomic mass is 16.5. The Hall–Kier alpha value is -1.19. The fourth-order valence-corrected chi connectivity index (χ4v) is 1.42. The first-order chi connectivity index (χ1) is 8.59. The van der Waals surface area contributed by atoms with Crippen LogP contribution in [0.2, 0.25) is 0 Å². The molecule has 0 amide bonds. The molecule has 1 aromatic carbocycles. The molecule has 0 N–H and O–H groups in total. The highest BCUT2D eigenvalue weighted by molar-refractivity contribution is 5.97. The van der Waals surface area contributed by atoms with Gasteiger partial charge in [0.1, 0.15) is 6.61 Å². The van der Waals surface area contributed by atoms with E-state index in [4.69, 9.17) is 9.47 Å². The van der Waals surface area contributed by atoms with Crippen LogP contribution >= 0.6 is 0 Å². The molecule has 1 aromatic rings. The number of hydrogen-bond acceptors (Lipinski definition) is 3. The summed E-state index contributed by atoms with van der Waals surface area (Å²) in [5, 5.41) is 0. The topological polar surface area (TPSA) is 35.5 Å². The van der Waals surface area contributed by atoms with Gasteiger partial charge in [0.15, 0.2) is 5.78 Å². The lowest BCUT2D eigenvalue weighted by Gasteiger charge is -2.07. The summed E-state index contributed by atoms with van der Waals surface area (Å²) >= 11 is 0. The van der Waals surface area contributed by atoms with E-state index >= 15 is 0 Å². The van der Waals surface area contributed by atoms with E-state index in [1.54, 1.807) is 0 Å². The molecule has 0 unspecified atom stereocenters. The Labute approximate surface area is 109 Å². The van der Waals surface area contributed by atoms with Crippen LogP contribution in [0, 0.1) is 12.8 Å². The minimum absolute atomic E-state index is 0.0128. The van der Waals surface area contributed by atoms with Crippen molar-refractivity contribution >= 4 is 5.78 Å². The maximum absolute atomic E-state index is 11.7. The zero-order chi connectivity index (χ0) is 13.4. The summed E-state index contributed by atoms with van der Waals surface area (Å²) in [4.78, 5) is 11.7. The average molecular weight is 250 g/mol. The number of ketones is 1. The third-order valence-electron chi connectivity index (χ3n) is 2.43. The van der Waals surface area contributed by atoms with Gasteiger partial charge < -0.3 is 9.47 Å². The maximum Gasteiger partial charge on any atom is 0.188 e. The van der Waals surface area contributed by atoms with Gasteiger partial charge in [-0.05, 0) is 12.8 Å². The van der Waals surface area contributed by atoms with Gasteiger partial charge in [0.05, 0.1) is 13.2 Å². The summed E-state index contributed by atoms with van der Waals surface area (Å²) in [5.41, 5.74) is 1.85. The van der Waals surface area contributed by atoms with Crippen molar-refractivity contribution in [2.45, 2.75) is 20.8 Å². The molecular weight excluding hydrogens is 228 g/mol. The van der Waals surface area contributed by atoms with Crippen LogP contribution in [0.25, 0.3) is 0 Å². The number of aryl methyl sites for hydroxylation is 1. The number of benzene rings is 1. The number of carbonyl (C=O) groups excluding carboxylic acids is 1. The van der Waals surface area contributed by atoms with Crippen LogP contribution < -0.4 is 0 Å². The fourth-order valence-electron chi connectivity index (χ4n) is 1.42. The van der Waals surface area contributed by atoms with Gasteiger partial charge in [-0.1, -0.05) is 43.7 Å². The van der Waals surface area contributed by atoms with E-state index in [1.807, 2.05) is 31.2 Å².